The summed E-state index contributed by atoms with van der Waals surface area (Å²) >= 11 is 6.20. The summed E-state index contributed by atoms with van der Waals surface area (Å²) in [6.45, 7) is 4.20. The van der Waals surface area contributed by atoms with Gasteiger partial charge >= 0.3 is 0 Å². The second-order valence-corrected chi connectivity index (χ2v) is 5.41. The molecule has 98 valence electrons. The van der Waals surface area contributed by atoms with Gasteiger partial charge in [0, 0.05) is 0 Å². The van der Waals surface area contributed by atoms with Crippen LogP contribution in [0, 0.1) is 6.92 Å². The van der Waals surface area contributed by atoms with Crippen molar-refractivity contribution in [2.24, 2.45) is 0 Å². The third-order valence-corrected chi connectivity index (χ3v) is 3.75. The third-order valence-electron chi connectivity index (χ3n) is 3.45. The second-order valence-electron chi connectivity index (χ2n) is 5.00. The molecule has 1 heterocycles. The first-order chi connectivity index (χ1) is 9.15. The van der Waals surface area contributed by atoms with Crippen molar-refractivity contribution in [3.63, 3.8) is 0 Å². The molecule has 0 aromatic heterocycles. The minimum absolute atomic E-state index is 0.0204. The van der Waals surface area contributed by atoms with Gasteiger partial charge in [-0.05, 0) is 31.5 Å². The Morgan fingerprint density at radius 2 is 1.84 bits per heavy atom. The van der Waals surface area contributed by atoms with Gasteiger partial charge in [-0.3, -0.25) is 0 Å². The van der Waals surface area contributed by atoms with Crippen LogP contribution in [0.15, 0.2) is 42.5 Å². The largest absolute Gasteiger partial charge is 0.480 e. The molecule has 2 atom stereocenters. The fraction of sp³-hybridized carbons (Fsp3) is 0.250. The molecule has 0 radical (unpaired) electrons. The minimum atomic E-state index is -0.0204. The van der Waals surface area contributed by atoms with E-state index in [0.717, 1.165) is 17.0 Å². The van der Waals surface area contributed by atoms with Gasteiger partial charge in [-0.2, -0.15) is 0 Å². The highest BCUT2D eigenvalue weighted by molar-refractivity contribution is 6.32. The van der Waals surface area contributed by atoms with Crippen LogP contribution in [0.2, 0.25) is 5.02 Å². The molecule has 2 aromatic carbocycles. The lowest BCUT2D eigenvalue weighted by Gasteiger charge is -2.33. The van der Waals surface area contributed by atoms with Gasteiger partial charge in [0.25, 0.3) is 0 Å². The molecule has 2 aromatic rings. The smallest absolute Gasteiger partial charge is 0.162 e. The quantitative estimate of drug-likeness (QED) is 0.821. The van der Waals surface area contributed by atoms with Crippen LogP contribution in [0.25, 0.3) is 0 Å². The number of anilines is 1. The van der Waals surface area contributed by atoms with Gasteiger partial charge in [0.15, 0.2) is 5.75 Å². The first-order valence-electron chi connectivity index (χ1n) is 6.43. The molecule has 0 bridgehead atoms. The first kappa shape index (κ1) is 12.4. The van der Waals surface area contributed by atoms with E-state index >= 15 is 0 Å². The summed E-state index contributed by atoms with van der Waals surface area (Å²) in [6.07, 6.45) is -0.0204. The third kappa shape index (κ3) is 2.28. The SMILES string of the molecule is Cc1ccc(C2Oc3c(Cl)cccc3NC2C)cc1. The van der Waals surface area contributed by atoms with Crippen molar-refractivity contribution < 1.29 is 4.74 Å². The fourth-order valence-electron chi connectivity index (χ4n) is 2.41. The van der Waals surface area contributed by atoms with E-state index in [1.807, 2.05) is 18.2 Å². The van der Waals surface area contributed by atoms with E-state index in [2.05, 4.69) is 43.4 Å². The zero-order valence-electron chi connectivity index (χ0n) is 11.0. The summed E-state index contributed by atoms with van der Waals surface area (Å²) in [5, 5.41) is 4.10. The molecule has 3 rings (SSSR count). The summed E-state index contributed by atoms with van der Waals surface area (Å²) in [7, 11) is 0. The van der Waals surface area contributed by atoms with Crippen LogP contribution >= 0.6 is 11.6 Å². The van der Waals surface area contributed by atoms with Crippen LogP contribution in [0.5, 0.6) is 5.75 Å². The van der Waals surface area contributed by atoms with Crippen molar-refractivity contribution in [3.8, 4) is 5.75 Å². The number of rotatable bonds is 1. The number of fused-ring (bicyclic) bond motifs is 1. The lowest BCUT2D eigenvalue weighted by Crippen LogP contribution is -2.32. The maximum atomic E-state index is 6.20. The van der Waals surface area contributed by atoms with Crippen molar-refractivity contribution in [3.05, 3.63) is 58.6 Å². The van der Waals surface area contributed by atoms with E-state index in [-0.39, 0.29) is 12.1 Å². The van der Waals surface area contributed by atoms with E-state index < -0.39 is 0 Å². The number of benzene rings is 2. The van der Waals surface area contributed by atoms with Gasteiger partial charge in [-0.1, -0.05) is 47.5 Å². The number of para-hydroxylation sites is 1. The fourth-order valence-corrected chi connectivity index (χ4v) is 2.62. The van der Waals surface area contributed by atoms with Crippen molar-refractivity contribution in [1.29, 1.82) is 0 Å². The highest BCUT2D eigenvalue weighted by Crippen LogP contribution is 2.41. The molecule has 1 aliphatic rings. The first-order valence-corrected chi connectivity index (χ1v) is 6.81. The highest BCUT2D eigenvalue weighted by Gasteiger charge is 2.28. The molecule has 0 fully saturated rings. The van der Waals surface area contributed by atoms with Crippen LogP contribution in [0.1, 0.15) is 24.2 Å². The normalized spacial score (nSPS) is 21.2. The molecule has 0 spiro atoms. The summed E-state index contributed by atoms with van der Waals surface area (Å²) in [5.74, 6) is 0.743. The predicted molar refractivity (Wildman–Crippen MR) is 79.1 cm³/mol. The summed E-state index contributed by atoms with van der Waals surface area (Å²) in [6, 6.07) is 14.4. The number of ether oxygens (including phenoxy) is 1. The topological polar surface area (TPSA) is 21.3 Å². The monoisotopic (exact) mass is 273 g/mol. The number of halogens is 1. The number of aryl methyl sites for hydroxylation is 1. The van der Waals surface area contributed by atoms with Crippen molar-refractivity contribution in [1.82, 2.24) is 0 Å². The number of hydrogen-bond acceptors (Lipinski definition) is 2. The Kier molecular flexibility index (Phi) is 3.11. The standard InChI is InChI=1S/C16H16ClNO/c1-10-6-8-12(9-7-10)15-11(2)18-14-5-3-4-13(17)16(14)19-15/h3-9,11,15,18H,1-2H3. The van der Waals surface area contributed by atoms with Crippen LogP contribution in [-0.2, 0) is 0 Å². The van der Waals surface area contributed by atoms with Gasteiger partial charge in [0.2, 0.25) is 0 Å². The lowest BCUT2D eigenvalue weighted by molar-refractivity contribution is 0.178. The van der Waals surface area contributed by atoms with Crippen molar-refractivity contribution in [2.45, 2.75) is 26.0 Å². The number of hydrogen-bond donors (Lipinski definition) is 1. The number of nitrogens with one attached hydrogen (secondary N) is 1. The Bertz CT molecular complexity index is 594. The van der Waals surface area contributed by atoms with Gasteiger partial charge < -0.3 is 10.1 Å². The molecular formula is C16H16ClNO. The van der Waals surface area contributed by atoms with Gasteiger partial charge in [-0.15, -0.1) is 0 Å². The highest BCUT2D eigenvalue weighted by atomic mass is 35.5. The van der Waals surface area contributed by atoms with Crippen LogP contribution in [0.4, 0.5) is 5.69 Å². The van der Waals surface area contributed by atoms with Crippen molar-refractivity contribution in [2.75, 3.05) is 5.32 Å². The molecule has 3 heteroatoms. The van der Waals surface area contributed by atoms with Gasteiger partial charge in [0.05, 0.1) is 16.8 Å². The molecule has 0 saturated carbocycles. The zero-order valence-corrected chi connectivity index (χ0v) is 11.7. The molecule has 0 saturated heterocycles. The Labute approximate surface area is 118 Å². The molecule has 1 aliphatic heterocycles. The molecule has 19 heavy (non-hydrogen) atoms. The maximum absolute atomic E-state index is 6.20. The molecule has 2 unspecified atom stereocenters. The zero-order chi connectivity index (χ0) is 13.4. The van der Waals surface area contributed by atoms with Crippen LogP contribution in [0.3, 0.4) is 0 Å². The molecule has 0 amide bonds. The van der Waals surface area contributed by atoms with E-state index in [4.69, 9.17) is 16.3 Å². The Balaban J connectivity index is 1.97. The molecule has 1 N–H and O–H groups in total. The molecular weight excluding hydrogens is 258 g/mol. The summed E-state index contributed by atoms with van der Waals surface area (Å²) in [4.78, 5) is 0. The van der Waals surface area contributed by atoms with E-state index in [9.17, 15) is 0 Å². The van der Waals surface area contributed by atoms with E-state index in [1.165, 1.54) is 5.56 Å². The average Bonchev–Trinajstić information content (AvgIpc) is 2.40. The molecule has 0 aliphatic carbocycles. The Morgan fingerprint density at radius 3 is 2.58 bits per heavy atom. The van der Waals surface area contributed by atoms with E-state index in [0.29, 0.717) is 5.02 Å². The van der Waals surface area contributed by atoms with Crippen LogP contribution < -0.4 is 10.1 Å². The Morgan fingerprint density at radius 1 is 1.11 bits per heavy atom. The van der Waals surface area contributed by atoms with Gasteiger partial charge in [0.1, 0.15) is 6.10 Å². The van der Waals surface area contributed by atoms with Crippen LogP contribution in [-0.4, -0.2) is 6.04 Å². The summed E-state index contributed by atoms with van der Waals surface area (Å²) < 4.78 is 6.11. The minimum Gasteiger partial charge on any atom is -0.480 e. The lowest BCUT2D eigenvalue weighted by atomic mass is 10.00. The summed E-state index contributed by atoms with van der Waals surface area (Å²) in [5.41, 5.74) is 3.37. The Hall–Kier alpha value is -1.67. The van der Waals surface area contributed by atoms with Gasteiger partial charge in [-0.25, -0.2) is 0 Å². The molecule has 2 nitrogen and oxygen atoms in total. The average molecular weight is 274 g/mol. The van der Waals surface area contributed by atoms with Crippen molar-refractivity contribution >= 4 is 17.3 Å². The second kappa shape index (κ2) is 4.78. The maximum Gasteiger partial charge on any atom is 0.162 e. The predicted octanol–water partition coefficient (Wildman–Crippen LogP) is 4.58. The van der Waals surface area contributed by atoms with E-state index in [1.54, 1.807) is 0 Å².